The molecule has 1 N–H and O–H groups in total. The fraction of sp³-hybridized carbons (Fsp3) is 0.375. The molecule has 0 saturated carbocycles. The number of amides is 2. The first-order chi connectivity index (χ1) is 27.2. The van der Waals surface area contributed by atoms with Crippen LogP contribution in [0.5, 0.6) is 5.88 Å². The van der Waals surface area contributed by atoms with E-state index in [9.17, 15) is 27.6 Å². The summed E-state index contributed by atoms with van der Waals surface area (Å²) >= 11 is 13.4. The molecule has 308 valence electrons. The van der Waals surface area contributed by atoms with Gasteiger partial charge in [0.15, 0.2) is 5.56 Å². The second-order valence-corrected chi connectivity index (χ2v) is 15.0. The molecule has 18 heteroatoms. The topological polar surface area (TPSA) is 124 Å². The molecule has 2 saturated heterocycles. The van der Waals surface area contributed by atoms with Gasteiger partial charge < -0.3 is 38.6 Å². The van der Waals surface area contributed by atoms with Crippen LogP contribution in [0.4, 0.5) is 18.0 Å². The van der Waals surface area contributed by atoms with Gasteiger partial charge in [-0.25, -0.2) is 14.6 Å². The molecule has 12 nitrogen and oxygen atoms in total. The Balaban J connectivity index is 0.000000251. The first-order valence-corrected chi connectivity index (χ1v) is 18.8. The Morgan fingerprint density at radius 2 is 1.76 bits per heavy atom. The summed E-state index contributed by atoms with van der Waals surface area (Å²) in [6.07, 6.45) is 0.222. The average Bonchev–Trinajstić information content (AvgIpc) is 3.90. The van der Waals surface area contributed by atoms with E-state index in [2.05, 4.69) is 27.3 Å². The Morgan fingerprint density at radius 3 is 2.47 bits per heavy atom. The molecule has 3 aromatic heterocycles. The van der Waals surface area contributed by atoms with Gasteiger partial charge in [0.1, 0.15) is 0 Å². The van der Waals surface area contributed by atoms with Gasteiger partial charge in [-0.1, -0.05) is 46.5 Å². The molecule has 8 rings (SSSR count). The number of aryl methyl sites for hydroxylation is 2. The normalized spacial score (nSPS) is 18.9. The van der Waals surface area contributed by atoms with Crippen LogP contribution >= 0.6 is 23.2 Å². The van der Waals surface area contributed by atoms with Gasteiger partial charge in [0, 0.05) is 69.6 Å². The summed E-state index contributed by atoms with van der Waals surface area (Å²) in [7, 11) is 5.84. The summed E-state index contributed by atoms with van der Waals surface area (Å²) < 4.78 is 50.2. The van der Waals surface area contributed by atoms with Crippen LogP contribution in [0.25, 0.3) is 33.3 Å². The van der Waals surface area contributed by atoms with Crippen molar-refractivity contribution in [2.75, 3.05) is 47.0 Å². The number of likely N-dealkylation sites (tertiary alicyclic amines) is 1. The number of hydrogen-bond acceptors (Lipinski definition) is 8. The van der Waals surface area contributed by atoms with Gasteiger partial charge >= 0.3 is 34.4 Å². The minimum absolute atomic E-state index is 0. The largest absolute Gasteiger partial charge is 2.00 e. The van der Waals surface area contributed by atoms with Gasteiger partial charge in [-0.2, -0.15) is 37.4 Å². The van der Waals surface area contributed by atoms with Gasteiger partial charge in [0.2, 0.25) is 5.88 Å². The van der Waals surface area contributed by atoms with Gasteiger partial charge in [-0.15, -0.1) is 17.2 Å². The number of ether oxygens (including phenoxy) is 2. The quantitative estimate of drug-likeness (QED) is 0.154. The molecule has 2 fully saturated rings. The maximum atomic E-state index is 12.6. The van der Waals surface area contributed by atoms with Crippen LogP contribution in [-0.2, 0) is 47.9 Å². The molecule has 2 amide bonds. The van der Waals surface area contributed by atoms with Gasteiger partial charge in [-0.3, -0.25) is 4.90 Å². The summed E-state index contributed by atoms with van der Waals surface area (Å²) in [5, 5.41) is 4.24. The monoisotopic (exact) mass is 881 g/mol. The first kappa shape index (κ1) is 43.1. The van der Waals surface area contributed by atoms with Gasteiger partial charge in [-0.05, 0) is 48.0 Å². The molecule has 3 aliphatic rings. The van der Waals surface area contributed by atoms with E-state index >= 15 is 0 Å². The molecular formula is C40H38Cl2F3N7NiO5. The maximum absolute atomic E-state index is 12.6. The van der Waals surface area contributed by atoms with Crippen molar-refractivity contribution in [3.05, 3.63) is 108 Å². The SMILES string of the molecule is COCCN1C[C@]2(CCN([C@@H]3CCc4cc(-c5cccc(-c6ccc[c-]c6Cl)c5Cl)nc(OC)c43)C2)NC1=O.Cn1c(=O)c2[c-]nc(C(F)(F)F)cc2n(C)c1=O.[Ni+2]. The molecule has 1 aliphatic carbocycles. The number of alkyl halides is 3. The molecule has 2 atom stereocenters. The number of carbonyl (C=O) groups is 1. The van der Waals surface area contributed by atoms with E-state index in [1.165, 1.54) is 19.7 Å². The van der Waals surface area contributed by atoms with Crippen molar-refractivity contribution in [2.24, 2.45) is 14.1 Å². The van der Waals surface area contributed by atoms with E-state index in [1.807, 2.05) is 41.4 Å². The van der Waals surface area contributed by atoms with Crippen LogP contribution < -0.4 is 21.3 Å². The second-order valence-electron chi connectivity index (χ2n) is 14.3. The third-order valence-corrected chi connectivity index (χ3v) is 11.5. The van der Waals surface area contributed by atoms with E-state index in [4.69, 9.17) is 37.7 Å². The number of carbonyl (C=O) groups excluding carboxylic acids is 1. The van der Waals surface area contributed by atoms with Crippen molar-refractivity contribution in [1.29, 1.82) is 0 Å². The Kier molecular flexibility index (Phi) is 12.7. The molecule has 5 aromatic rings. The molecule has 1 spiro atoms. The standard InChI is InChI=1S/C30H31Cl2N4O3.C10H7F3N3O2.Ni/c1-38-15-14-36-18-30(34-29(36)37)12-13-35(17-30)25-11-10-19-16-24(33-28(39-2)26(19)25)22-8-5-7-21(27(22)32)20-6-3-4-9-23(20)31;1-15-6-3-7(10(11,12)13)14-4-5(6)8(17)16(2)9(15)18;/h3-8,16,25H,10-15,17-18H2,1-2H3,(H,34,37);3H,1-2H3;/q2*-1;+2/t25-,30-;;/m1../s1. The molecule has 58 heavy (non-hydrogen) atoms. The van der Waals surface area contributed by atoms with Crippen molar-refractivity contribution in [1.82, 2.24) is 34.2 Å². The van der Waals surface area contributed by atoms with E-state index in [1.54, 1.807) is 20.3 Å². The van der Waals surface area contributed by atoms with Crippen molar-refractivity contribution >= 4 is 40.1 Å². The Hall–Kier alpha value is -4.47. The van der Waals surface area contributed by atoms with E-state index in [0.717, 1.165) is 69.4 Å². The number of aromatic nitrogens is 4. The maximum Gasteiger partial charge on any atom is 2.00 e. The summed E-state index contributed by atoms with van der Waals surface area (Å²) in [6.45, 7) is 3.57. The molecule has 2 aromatic carbocycles. The number of rotatable bonds is 7. The number of urea groups is 1. The van der Waals surface area contributed by atoms with E-state index in [-0.39, 0.29) is 45.0 Å². The van der Waals surface area contributed by atoms with Gasteiger partial charge in [0.05, 0.1) is 30.6 Å². The minimum Gasteiger partial charge on any atom is -0.481 e. The number of nitrogens with zero attached hydrogens (tertiary/aromatic N) is 6. The summed E-state index contributed by atoms with van der Waals surface area (Å²) in [5.74, 6) is 0.635. The summed E-state index contributed by atoms with van der Waals surface area (Å²) in [5.41, 5.74) is 2.67. The predicted octanol–water partition coefficient (Wildman–Crippen LogP) is 6.08. The van der Waals surface area contributed by atoms with Crippen LogP contribution in [0.2, 0.25) is 10.0 Å². The zero-order valence-corrected chi connectivity index (χ0v) is 34.3. The van der Waals surface area contributed by atoms with Crippen molar-refractivity contribution in [3.8, 4) is 28.3 Å². The molecular weight excluding hydrogens is 845 g/mol. The Morgan fingerprint density at radius 1 is 1.02 bits per heavy atom. The van der Waals surface area contributed by atoms with Crippen molar-refractivity contribution < 1.29 is 43.9 Å². The number of benzene rings is 2. The van der Waals surface area contributed by atoms with Crippen molar-refractivity contribution in [2.45, 2.75) is 37.0 Å². The van der Waals surface area contributed by atoms with Crippen LogP contribution in [0, 0.1) is 12.3 Å². The fourth-order valence-electron chi connectivity index (χ4n) is 7.93. The second kappa shape index (κ2) is 17.0. The van der Waals surface area contributed by atoms with Crippen LogP contribution in [0.15, 0.2) is 58.1 Å². The molecule has 5 heterocycles. The molecule has 2 aliphatic heterocycles. The van der Waals surface area contributed by atoms with E-state index < -0.39 is 23.1 Å². The number of methoxy groups -OCH3 is 2. The summed E-state index contributed by atoms with van der Waals surface area (Å²) in [4.78, 5) is 48.2. The zero-order valence-electron chi connectivity index (χ0n) is 31.8. The zero-order chi connectivity index (χ0) is 40.8. The molecule has 0 bridgehead atoms. The number of hydrogen-bond donors (Lipinski definition) is 1. The Bertz CT molecular complexity index is 2500. The fourth-order valence-corrected chi connectivity index (χ4v) is 8.48. The average molecular weight is 883 g/mol. The number of nitrogens with one attached hydrogen (secondary N) is 1. The number of pyridine rings is 2. The summed E-state index contributed by atoms with van der Waals surface area (Å²) in [6, 6.07) is 17.6. The van der Waals surface area contributed by atoms with Crippen LogP contribution in [0.3, 0.4) is 0 Å². The first-order valence-electron chi connectivity index (χ1n) is 18.1. The molecule has 0 unspecified atom stereocenters. The van der Waals surface area contributed by atoms with E-state index in [0.29, 0.717) is 41.7 Å². The predicted molar refractivity (Wildman–Crippen MR) is 209 cm³/mol. The smallest absolute Gasteiger partial charge is 0.481 e. The Labute approximate surface area is 351 Å². The molecule has 0 radical (unpaired) electrons. The number of fused-ring (bicyclic) bond motifs is 2. The van der Waals surface area contributed by atoms with Crippen molar-refractivity contribution in [3.63, 3.8) is 0 Å². The minimum atomic E-state index is -4.65. The number of halogens is 5. The third-order valence-electron chi connectivity index (χ3n) is 10.8. The third kappa shape index (κ3) is 8.09. The van der Waals surface area contributed by atoms with Gasteiger partial charge in [0.25, 0.3) is 0 Å². The van der Waals surface area contributed by atoms with Crippen LogP contribution in [-0.4, -0.2) is 87.5 Å². The van der Waals surface area contributed by atoms with Crippen LogP contribution in [0.1, 0.15) is 35.7 Å².